The van der Waals surface area contributed by atoms with Gasteiger partial charge in [0.2, 0.25) is 5.91 Å². The van der Waals surface area contributed by atoms with E-state index in [0.717, 1.165) is 25.0 Å². The van der Waals surface area contributed by atoms with E-state index in [1.54, 1.807) is 0 Å². The second-order valence-electron chi connectivity index (χ2n) is 6.63. The van der Waals surface area contributed by atoms with Crippen LogP contribution in [-0.4, -0.2) is 26.6 Å². The second-order valence-corrected chi connectivity index (χ2v) is 8.67. The van der Waals surface area contributed by atoms with Gasteiger partial charge in [-0.2, -0.15) is 5.26 Å². The van der Waals surface area contributed by atoms with Gasteiger partial charge < -0.3 is 5.32 Å². The Morgan fingerprint density at radius 1 is 1.29 bits per heavy atom. The third-order valence-corrected chi connectivity index (χ3v) is 6.96. The van der Waals surface area contributed by atoms with Gasteiger partial charge in [0, 0.05) is 5.92 Å². The Morgan fingerprint density at radius 2 is 2.00 bits per heavy atom. The summed E-state index contributed by atoms with van der Waals surface area (Å²) in [6.45, 7) is -0.0653. The van der Waals surface area contributed by atoms with Crippen molar-refractivity contribution in [3.8, 4) is 6.07 Å². The van der Waals surface area contributed by atoms with Crippen molar-refractivity contribution in [2.75, 3.05) is 12.3 Å². The van der Waals surface area contributed by atoms with Gasteiger partial charge in [-0.05, 0) is 61.3 Å². The lowest BCUT2D eigenvalue weighted by Crippen LogP contribution is -2.41. The molecule has 0 aliphatic heterocycles. The lowest BCUT2D eigenvalue weighted by Gasteiger charge is -2.30. The summed E-state index contributed by atoms with van der Waals surface area (Å²) in [5.41, 5.74) is 0. The molecular formula is C17H19FN2O3S. The van der Waals surface area contributed by atoms with Crippen molar-refractivity contribution in [3.05, 3.63) is 30.1 Å². The van der Waals surface area contributed by atoms with E-state index in [-0.39, 0.29) is 40.9 Å². The van der Waals surface area contributed by atoms with E-state index < -0.39 is 15.7 Å². The van der Waals surface area contributed by atoms with E-state index in [9.17, 15) is 17.6 Å². The molecule has 4 atom stereocenters. The zero-order valence-electron chi connectivity index (χ0n) is 13.1. The molecule has 2 aliphatic rings. The number of nitriles is 1. The fourth-order valence-corrected chi connectivity index (χ4v) is 5.54. The number of hydrogen-bond acceptors (Lipinski definition) is 4. The van der Waals surface area contributed by atoms with Crippen LogP contribution in [0.1, 0.15) is 19.3 Å². The van der Waals surface area contributed by atoms with E-state index in [1.165, 1.54) is 12.1 Å². The smallest absolute Gasteiger partial charge is 0.224 e. The SMILES string of the molecule is N#CCNC(=O)C1C2C[C@@H]2CC[C@H]1CS(=O)(=O)c1ccc(F)cc1. The zero-order valence-corrected chi connectivity index (χ0v) is 13.9. The van der Waals surface area contributed by atoms with Gasteiger partial charge in [-0.3, -0.25) is 4.79 Å². The highest BCUT2D eigenvalue weighted by Gasteiger charge is 2.52. The number of nitrogens with one attached hydrogen (secondary N) is 1. The van der Waals surface area contributed by atoms with E-state index in [2.05, 4.69) is 5.32 Å². The first-order chi connectivity index (χ1) is 11.4. The molecular weight excluding hydrogens is 331 g/mol. The molecule has 2 aliphatic carbocycles. The normalized spacial score (nSPS) is 28.5. The first kappa shape index (κ1) is 16.9. The molecule has 0 heterocycles. The van der Waals surface area contributed by atoms with Crippen LogP contribution in [0.25, 0.3) is 0 Å². The predicted molar refractivity (Wildman–Crippen MR) is 84.9 cm³/mol. The highest BCUT2D eigenvalue weighted by atomic mass is 32.2. The van der Waals surface area contributed by atoms with Crippen LogP contribution in [0.3, 0.4) is 0 Å². The van der Waals surface area contributed by atoms with E-state index in [4.69, 9.17) is 5.26 Å². The zero-order chi connectivity index (χ0) is 17.3. The van der Waals surface area contributed by atoms with Gasteiger partial charge in [-0.25, -0.2) is 12.8 Å². The van der Waals surface area contributed by atoms with Crippen molar-refractivity contribution >= 4 is 15.7 Å². The van der Waals surface area contributed by atoms with Crippen molar-refractivity contribution in [2.45, 2.75) is 24.2 Å². The molecule has 3 rings (SSSR count). The number of fused-ring (bicyclic) bond motifs is 1. The molecule has 0 aromatic heterocycles. The molecule has 1 N–H and O–H groups in total. The maximum Gasteiger partial charge on any atom is 0.224 e. The third kappa shape index (κ3) is 3.44. The Hall–Kier alpha value is -1.94. The summed E-state index contributed by atoms with van der Waals surface area (Å²) in [7, 11) is -3.58. The number of carbonyl (C=O) groups excluding carboxylic acids is 1. The fraction of sp³-hybridized carbons (Fsp3) is 0.529. The van der Waals surface area contributed by atoms with Crippen molar-refractivity contribution in [1.82, 2.24) is 5.32 Å². The number of nitrogens with zero attached hydrogens (tertiary/aromatic N) is 1. The molecule has 2 unspecified atom stereocenters. The average molecular weight is 350 g/mol. The van der Waals surface area contributed by atoms with Crippen molar-refractivity contribution in [1.29, 1.82) is 5.26 Å². The molecule has 1 amide bonds. The Morgan fingerprint density at radius 3 is 2.67 bits per heavy atom. The van der Waals surface area contributed by atoms with Crippen LogP contribution >= 0.6 is 0 Å². The highest BCUT2D eigenvalue weighted by Crippen LogP contribution is 2.55. The molecule has 0 saturated heterocycles. The molecule has 0 spiro atoms. The summed E-state index contributed by atoms with van der Waals surface area (Å²) < 4.78 is 38.2. The third-order valence-electron chi connectivity index (χ3n) is 5.11. The van der Waals surface area contributed by atoms with Gasteiger partial charge in [-0.15, -0.1) is 0 Å². The predicted octanol–water partition coefficient (Wildman–Crippen LogP) is 1.90. The molecule has 0 radical (unpaired) electrons. The molecule has 1 aromatic carbocycles. The number of rotatable bonds is 5. The van der Waals surface area contributed by atoms with E-state index >= 15 is 0 Å². The summed E-state index contributed by atoms with van der Waals surface area (Å²) in [4.78, 5) is 12.4. The van der Waals surface area contributed by atoms with Crippen molar-refractivity contribution < 1.29 is 17.6 Å². The standard InChI is InChI=1S/C17H19FN2O3S/c18-13-3-5-14(6-4-13)24(22,23)10-12-2-1-11-9-15(11)16(12)17(21)20-8-7-19/h3-6,11-12,15-16H,1-2,8-10H2,(H,20,21)/t11-,12-,15?,16?/m0/s1. The van der Waals surface area contributed by atoms with Crippen LogP contribution in [0, 0.1) is 40.8 Å². The lowest BCUT2D eigenvalue weighted by atomic mass is 9.79. The number of hydrogen-bond donors (Lipinski definition) is 1. The van der Waals surface area contributed by atoms with Crippen LogP contribution in [0.5, 0.6) is 0 Å². The van der Waals surface area contributed by atoms with Gasteiger partial charge in [0.15, 0.2) is 9.84 Å². The number of sulfone groups is 1. The highest BCUT2D eigenvalue weighted by molar-refractivity contribution is 7.91. The van der Waals surface area contributed by atoms with Crippen molar-refractivity contribution in [2.24, 2.45) is 23.7 Å². The monoisotopic (exact) mass is 350 g/mol. The molecule has 1 aromatic rings. The summed E-state index contributed by atoms with van der Waals surface area (Å²) in [6, 6.07) is 6.65. The Kier molecular flexibility index (Phi) is 4.59. The first-order valence-corrected chi connectivity index (χ1v) is 9.70. The number of carbonyl (C=O) groups is 1. The largest absolute Gasteiger partial charge is 0.343 e. The van der Waals surface area contributed by atoms with Crippen molar-refractivity contribution in [3.63, 3.8) is 0 Å². The second kappa shape index (κ2) is 6.52. The summed E-state index contributed by atoms with van der Waals surface area (Å²) in [6.07, 6.45) is 2.58. The Bertz CT molecular complexity index is 770. The van der Waals surface area contributed by atoms with Crippen LogP contribution in [-0.2, 0) is 14.6 Å². The lowest BCUT2D eigenvalue weighted by molar-refractivity contribution is -0.127. The van der Waals surface area contributed by atoms with Gasteiger partial charge in [0.25, 0.3) is 0 Å². The molecule has 24 heavy (non-hydrogen) atoms. The van der Waals surface area contributed by atoms with E-state index in [0.29, 0.717) is 12.3 Å². The molecule has 5 nitrogen and oxygen atoms in total. The van der Waals surface area contributed by atoms with Gasteiger partial charge in [0.05, 0.1) is 16.7 Å². The molecule has 7 heteroatoms. The van der Waals surface area contributed by atoms with Gasteiger partial charge in [0.1, 0.15) is 12.4 Å². The molecule has 2 saturated carbocycles. The first-order valence-electron chi connectivity index (χ1n) is 8.05. The molecule has 0 bridgehead atoms. The van der Waals surface area contributed by atoms with Crippen LogP contribution in [0.2, 0.25) is 0 Å². The minimum Gasteiger partial charge on any atom is -0.343 e. The minimum atomic E-state index is -3.58. The Balaban J connectivity index is 1.77. The molecule has 128 valence electrons. The topological polar surface area (TPSA) is 87.0 Å². The van der Waals surface area contributed by atoms with E-state index in [1.807, 2.05) is 6.07 Å². The fourth-order valence-electron chi connectivity index (χ4n) is 3.86. The van der Waals surface area contributed by atoms with Crippen LogP contribution < -0.4 is 5.32 Å². The van der Waals surface area contributed by atoms with Crippen LogP contribution in [0.4, 0.5) is 4.39 Å². The summed E-state index contributed by atoms with van der Waals surface area (Å²) in [5.74, 6) is -0.704. The van der Waals surface area contributed by atoms with Gasteiger partial charge >= 0.3 is 0 Å². The quantitative estimate of drug-likeness (QED) is 0.649. The number of amides is 1. The summed E-state index contributed by atoms with van der Waals surface area (Å²) >= 11 is 0. The number of halogens is 1. The maximum atomic E-state index is 13.0. The number of benzene rings is 1. The minimum absolute atomic E-state index is 0.0653. The average Bonchev–Trinajstić information content (AvgIpc) is 3.32. The maximum absolute atomic E-state index is 13.0. The van der Waals surface area contributed by atoms with Gasteiger partial charge in [-0.1, -0.05) is 0 Å². The molecule has 2 fully saturated rings. The summed E-state index contributed by atoms with van der Waals surface area (Å²) in [5, 5.41) is 11.2. The Labute approximate surface area is 140 Å². The van der Waals surface area contributed by atoms with Crippen LogP contribution in [0.15, 0.2) is 29.2 Å².